The van der Waals surface area contributed by atoms with Gasteiger partial charge in [0.15, 0.2) is 0 Å². The molecule has 0 aliphatic heterocycles. The van der Waals surface area contributed by atoms with E-state index < -0.39 is 0 Å². The van der Waals surface area contributed by atoms with Crippen molar-refractivity contribution in [1.29, 1.82) is 0 Å². The molecule has 2 atom stereocenters. The van der Waals surface area contributed by atoms with Gasteiger partial charge in [0, 0.05) is 17.8 Å². The molecule has 0 amide bonds. The fraction of sp³-hybridized carbons (Fsp3) is 0.615. The number of ether oxygens (including phenoxy) is 1. The molecule has 3 nitrogen and oxygen atoms in total. The lowest BCUT2D eigenvalue weighted by Gasteiger charge is -2.26. The van der Waals surface area contributed by atoms with E-state index in [0.717, 1.165) is 18.0 Å². The summed E-state index contributed by atoms with van der Waals surface area (Å²) in [6.45, 7) is 1.99. The van der Waals surface area contributed by atoms with Crippen LogP contribution >= 0.6 is 0 Å². The van der Waals surface area contributed by atoms with E-state index in [0.29, 0.717) is 12.1 Å². The Morgan fingerprint density at radius 3 is 2.81 bits per heavy atom. The lowest BCUT2D eigenvalue weighted by atomic mass is 10.2. The Morgan fingerprint density at radius 1 is 1.31 bits per heavy atom. The normalized spacial score (nSPS) is 25.0. The maximum absolute atomic E-state index is 5.98. The monoisotopic (exact) mass is 220 g/mol. The molecule has 1 saturated carbocycles. The van der Waals surface area contributed by atoms with Crippen LogP contribution in [0.2, 0.25) is 0 Å². The van der Waals surface area contributed by atoms with Gasteiger partial charge in [-0.15, -0.1) is 0 Å². The molecular weight excluding hydrogens is 200 g/mol. The first-order valence-electron chi connectivity index (χ1n) is 5.93. The number of likely N-dealkylation sites (N-methyl/N-ethyl adjacent to an activating group) is 1. The maximum Gasteiger partial charge on any atom is 0.213 e. The van der Waals surface area contributed by atoms with Crippen LogP contribution in [0.25, 0.3) is 0 Å². The van der Waals surface area contributed by atoms with E-state index in [2.05, 4.69) is 24.0 Å². The van der Waals surface area contributed by atoms with Crippen molar-refractivity contribution in [1.82, 2.24) is 9.88 Å². The van der Waals surface area contributed by atoms with Gasteiger partial charge in [0.1, 0.15) is 6.10 Å². The topological polar surface area (TPSA) is 25.4 Å². The van der Waals surface area contributed by atoms with Gasteiger partial charge in [-0.3, -0.25) is 0 Å². The molecule has 1 aromatic rings. The SMILES string of the molecule is Cc1cccc(OC2CCCC2N(C)C)n1. The third-order valence-electron chi connectivity index (χ3n) is 3.22. The molecule has 0 N–H and O–H groups in total. The van der Waals surface area contributed by atoms with E-state index in [1.165, 1.54) is 12.8 Å². The first-order chi connectivity index (χ1) is 7.66. The Labute approximate surface area is 97.4 Å². The van der Waals surface area contributed by atoms with Crippen LogP contribution in [0.4, 0.5) is 0 Å². The molecule has 0 bridgehead atoms. The summed E-state index contributed by atoms with van der Waals surface area (Å²) in [4.78, 5) is 6.65. The molecule has 1 aliphatic carbocycles. The molecular formula is C13H20N2O. The van der Waals surface area contributed by atoms with Crippen molar-refractivity contribution in [3.63, 3.8) is 0 Å². The Balaban J connectivity index is 2.04. The average molecular weight is 220 g/mol. The Morgan fingerprint density at radius 2 is 2.12 bits per heavy atom. The minimum absolute atomic E-state index is 0.296. The number of aryl methyl sites for hydroxylation is 1. The second-order valence-corrected chi connectivity index (χ2v) is 4.74. The summed E-state index contributed by atoms with van der Waals surface area (Å²) < 4.78 is 5.98. The third kappa shape index (κ3) is 2.53. The van der Waals surface area contributed by atoms with Crippen molar-refractivity contribution in [3.05, 3.63) is 23.9 Å². The quantitative estimate of drug-likeness (QED) is 0.781. The zero-order chi connectivity index (χ0) is 11.5. The van der Waals surface area contributed by atoms with Crippen LogP contribution in [0.3, 0.4) is 0 Å². The molecule has 88 valence electrons. The molecule has 2 unspecified atom stereocenters. The van der Waals surface area contributed by atoms with E-state index in [1.807, 2.05) is 25.1 Å². The van der Waals surface area contributed by atoms with E-state index in [9.17, 15) is 0 Å². The van der Waals surface area contributed by atoms with E-state index in [1.54, 1.807) is 0 Å². The van der Waals surface area contributed by atoms with Crippen LogP contribution in [0.1, 0.15) is 25.0 Å². The summed E-state index contributed by atoms with van der Waals surface area (Å²) in [5.74, 6) is 0.763. The van der Waals surface area contributed by atoms with Gasteiger partial charge in [0.2, 0.25) is 5.88 Å². The number of aromatic nitrogens is 1. The highest BCUT2D eigenvalue weighted by atomic mass is 16.5. The fourth-order valence-electron chi connectivity index (χ4n) is 2.37. The molecule has 1 fully saturated rings. The van der Waals surface area contributed by atoms with Gasteiger partial charge in [-0.05, 0) is 46.3 Å². The minimum atomic E-state index is 0.296. The van der Waals surface area contributed by atoms with Gasteiger partial charge in [-0.1, -0.05) is 6.07 Å². The lowest BCUT2D eigenvalue weighted by molar-refractivity contribution is 0.116. The predicted molar refractivity (Wildman–Crippen MR) is 64.7 cm³/mol. The van der Waals surface area contributed by atoms with Crippen LogP contribution in [0.15, 0.2) is 18.2 Å². The highest BCUT2D eigenvalue weighted by Crippen LogP contribution is 2.26. The van der Waals surface area contributed by atoms with Crippen molar-refractivity contribution < 1.29 is 4.74 Å². The molecule has 3 heteroatoms. The van der Waals surface area contributed by atoms with Gasteiger partial charge in [-0.2, -0.15) is 0 Å². The number of rotatable bonds is 3. The van der Waals surface area contributed by atoms with Gasteiger partial charge < -0.3 is 9.64 Å². The molecule has 16 heavy (non-hydrogen) atoms. The maximum atomic E-state index is 5.98. The summed E-state index contributed by atoms with van der Waals surface area (Å²) in [6.07, 6.45) is 3.91. The van der Waals surface area contributed by atoms with Crippen LogP contribution in [-0.2, 0) is 0 Å². The van der Waals surface area contributed by atoms with Crippen molar-refractivity contribution in [2.45, 2.75) is 38.3 Å². The van der Waals surface area contributed by atoms with Crippen molar-refractivity contribution >= 4 is 0 Å². The lowest BCUT2D eigenvalue weighted by Crippen LogP contribution is -2.38. The van der Waals surface area contributed by atoms with Gasteiger partial charge in [0.05, 0.1) is 0 Å². The predicted octanol–water partition coefficient (Wildman–Crippen LogP) is 2.25. The standard InChI is InChI=1S/C13H20N2O/c1-10-6-4-9-13(14-10)16-12-8-5-7-11(12)15(2)3/h4,6,9,11-12H,5,7-8H2,1-3H3. The highest BCUT2D eigenvalue weighted by Gasteiger charge is 2.30. The number of hydrogen-bond donors (Lipinski definition) is 0. The van der Waals surface area contributed by atoms with Crippen LogP contribution in [-0.4, -0.2) is 36.1 Å². The molecule has 1 heterocycles. The molecule has 0 spiro atoms. The van der Waals surface area contributed by atoms with Gasteiger partial charge in [0.25, 0.3) is 0 Å². The fourth-order valence-corrected chi connectivity index (χ4v) is 2.37. The second kappa shape index (κ2) is 4.83. The molecule has 0 aromatic carbocycles. The Bertz CT molecular complexity index is 352. The summed E-state index contributed by atoms with van der Waals surface area (Å²) in [5, 5.41) is 0. The smallest absolute Gasteiger partial charge is 0.213 e. The number of nitrogens with zero attached hydrogens (tertiary/aromatic N) is 2. The Hall–Kier alpha value is -1.09. The first kappa shape index (κ1) is 11.4. The van der Waals surface area contributed by atoms with Crippen LogP contribution < -0.4 is 4.74 Å². The first-order valence-corrected chi connectivity index (χ1v) is 5.93. The van der Waals surface area contributed by atoms with Crippen LogP contribution in [0.5, 0.6) is 5.88 Å². The number of pyridine rings is 1. The molecule has 1 aliphatic rings. The Kier molecular flexibility index (Phi) is 3.44. The van der Waals surface area contributed by atoms with E-state index in [4.69, 9.17) is 4.74 Å². The van der Waals surface area contributed by atoms with Gasteiger partial charge >= 0.3 is 0 Å². The zero-order valence-electron chi connectivity index (χ0n) is 10.3. The van der Waals surface area contributed by atoms with E-state index >= 15 is 0 Å². The van der Waals surface area contributed by atoms with Crippen molar-refractivity contribution in [3.8, 4) is 5.88 Å². The zero-order valence-corrected chi connectivity index (χ0v) is 10.3. The second-order valence-electron chi connectivity index (χ2n) is 4.74. The summed E-state index contributed by atoms with van der Waals surface area (Å²) in [7, 11) is 4.24. The van der Waals surface area contributed by atoms with Gasteiger partial charge in [-0.25, -0.2) is 4.98 Å². The number of hydrogen-bond acceptors (Lipinski definition) is 3. The molecule has 0 saturated heterocycles. The summed E-state index contributed by atoms with van der Waals surface area (Å²) >= 11 is 0. The third-order valence-corrected chi connectivity index (χ3v) is 3.22. The molecule has 0 radical (unpaired) electrons. The molecule has 2 rings (SSSR count). The summed E-state index contributed by atoms with van der Waals surface area (Å²) in [5.41, 5.74) is 1.01. The van der Waals surface area contributed by atoms with Crippen molar-refractivity contribution in [2.24, 2.45) is 0 Å². The van der Waals surface area contributed by atoms with E-state index in [-0.39, 0.29) is 0 Å². The minimum Gasteiger partial charge on any atom is -0.473 e. The largest absolute Gasteiger partial charge is 0.473 e. The van der Waals surface area contributed by atoms with Crippen LogP contribution in [0, 0.1) is 6.92 Å². The summed E-state index contributed by atoms with van der Waals surface area (Å²) in [6, 6.07) is 6.46. The molecule has 1 aromatic heterocycles. The average Bonchev–Trinajstić information content (AvgIpc) is 2.66. The highest BCUT2D eigenvalue weighted by molar-refractivity contribution is 5.15. The van der Waals surface area contributed by atoms with Crippen molar-refractivity contribution in [2.75, 3.05) is 14.1 Å².